The highest BCUT2D eigenvalue weighted by Gasteiger charge is 2.38. The normalized spacial score (nSPS) is 17.1. The first-order valence-corrected chi connectivity index (χ1v) is 13.8. The van der Waals surface area contributed by atoms with Crippen molar-refractivity contribution in [2.45, 2.75) is 45.7 Å². The number of thiazole rings is 1. The van der Waals surface area contributed by atoms with Gasteiger partial charge in [-0.05, 0) is 26.3 Å². The van der Waals surface area contributed by atoms with Crippen LogP contribution in [0.25, 0.3) is 0 Å². The molecule has 1 aliphatic heterocycles. The average molecular weight is 560 g/mol. The molecule has 0 amide bonds. The molecule has 0 aliphatic carbocycles. The number of amidine groups is 1. The van der Waals surface area contributed by atoms with Gasteiger partial charge in [-0.3, -0.25) is 4.99 Å². The molecule has 0 bridgehead atoms. The predicted molar refractivity (Wildman–Crippen MR) is 134 cm³/mol. The Kier molecular flexibility index (Phi) is 9.45. The molecule has 2 atom stereocenters. The number of esters is 1. The van der Waals surface area contributed by atoms with Gasteiger partial charge in [0.25, 0.3) is 10.2 Å². The molecule has 14 heteroatoms. The Morgan fingerprint density at radius 1 is 1.27 bits per heavy atom. The molecule has 0 fully saturated rings. The number of aromatic nitrogens is 1. The maximum Gasteiger partial charge on any atom is 0.338 e. The SMILES string of the molecule is CCCCNS(=O)(=O)N[C@@H](C)CN1C(c2nccs2)=N[C@@H](c2ccc(F)c(F)c2F)C(C(=O)OC)=C1C. The fraction of sp³-hybridized carbons (Fsp3) is 0.435. The minimum atomic E-state index is -3.81. The van der Waals surface area contributed by atoms with Crippen molar-refractivity contribution >= 4 is 33.4 Å². The van der Waals surface area contributed by atoms with Crippen molar-refractivity contribution in [3.8, 4) is 0 Å². The van der Waals surface area contributed by atoms with Gasteiger partial charge in [0.05, 0.1) is 12.7 Å². The minimum Gasteiger partial charge on any atom is -0.466 e. The van der Waals surface area contributed by atoms with E-state index in [0.717, 1.165) is 25.7 Å². The molecular formula is C23H28F3N5O4S2. The van der Waals surface area contributed by atoms with E-state index in [4.69, 9.17) is 4.74 Å². The lowest BCUT2D eigenvalue weighted by atomic mass is 9.94. The number of nitrogens with one attached hydrogen (secondary N) is 2. The molecule has 0 saturated carbocycles. The van der Waals surface area contributed by atoms with Gasteiger partial charge in [-0.15, -0.1) is 11.3 Å². The molecule has 37 heavy (non-hydrogen) atoms. The van der Waals surface area contributed by atoms with Crippen LogP contribution < -0.4 is 9.44 Å². The number of carbonyl (C=O) groups is 1. The van der Waals surface area contributed by atoms with Crippen LogP contribution in [0.2, 0.25) is 0 Å². The Hall–Kier alpha value is -2.81. The summed E-state index contributed by atoms with van der Waals surface area (Å²) in [6.45, 7) is 5.42. The van der Waals surface area contributed by atoms with Crippen LogP contribution in [0.15, 0.2) is 40.0 Å². The van der Waals surface area contributed by atoms with Crippen molar-refractivity contribution in [1.29, 1.82) is 0 Å². The van der Waals surface area contributed by atoms with Gasteiger partial charge in [-0.1, -0.05) is 19.4 Å². The number of ether oxygens (including phenoxy) is 1. The van der Waals surface area contributed by atoms with E-state index in [1.165, 1.54) is 17.5 Å². The highest BCUT2D eigenvalue weighted by molar-refractivity contribution is 7.87. The molecule has 1 aliphatic rings. The summed E-state index contributed by atoms with van der Waals surface area (Å²) < 4.78 is 77.3. The molecule has 2 N–H and O–H groups in total. The van der Waals surface area contributed by atoms with Crippen LogP contribution in [0.5, 0.6) is 0 Å². The van der Waals surface area contributed by atoms with Crippen molar-refractivity contribution < 1.29 is 31.1 Å². The van der Waals surface area contributed by atoms with Crippen molar-refractivity contribution in [3.05, 3.63) is 63.0 Å². The Balaban J connectivity index is 2.06. The number of carbonyl (C=O) groups excluding carboxylic acids is 1. The molecule has 0 radical (unpaired) electrons. The first kappa shape index (κ1) is 28.8. The minimum absolute atomic E-state index is 0.0202. The van der Waals surface area contributed by atoms with Crippen LogP contribution in [-0.4, -0.2) is 56.3 Å². The number of benzene rings is 1. The van der Waals surface area contributed by atoms with Gasteiger partial charge in [0, 0.05) is 42.0 Å². The van der Waals surface area contributed by atoms with E-state index in [9.17, 15) is 26.4 Å². The third-order valence-corrected chi connectivity index (χ3v) is 7.66. The van der Waals surface area contributed by atoms with Gasteiger partial charge >= 0.3 is 5.97 Å². The first-order chi connectivity index (χ1) is 17.5. The highest BCUT2D eigenvalue weighted by atomic mass is 32.2. The fourth-order valence-electron chi connectivity index (χ4n) is 3.83. The molecule has 0 saturated heterocycles. The molecule has 9 nitrogen and oxygen atoms in total. The van der Waals surface area contributed by atoms with E-state index >= 15 is 0 Å². The average Bonchev–Trinajstić information content (AvgIpc) is 3.38. The molecule has 1 aromatic heterocycles. The number of allylic oxidation sites excluding steroid dienone is 1. The second-order valence-corrected chi connectivity index (χ2v) is 10.8. The number of nitrogens with zero attached hydrogens (tertiary/aromatic N) is 3. The third-order valence-electron chi connectivity index (χ3n) is 5.60. The Morgan fingerprint density at radius 3 is 2.62 bits per heavy atom. The fourth-order valence-corrected chi connectivity index (χ4v) is 5.58. The summed E-state index contributed by atoms with van der Waals surface area (Å²) in [5.41, 5.74) is -0.198. The standard InChI is InChI=1S/C23H28F3N5O4S2/c1-5-6-9-28-37(33,34)30-13(2)12-31-14(3)17(23(32)35-4)20(29-21(31)22-27-10-11-36-22)15-7-8-16(24)19(26)18(15)25/h7-8,10-11,13,20,28,30H,5-6,9,12H2,1-4H3/t13-,20-/m0/s1. The van der Waals surface area contributed by atoms with Crippen molar-refractivity contribution in [2.75, 3.05) is 20.2 Å². The first-order valence-electron chi connectivity index (χ1n) is 11.4. The zero-order valence-electron chi connectivity index (χ0n) is 20.7. The number of hydrogen-bond donors (Lipinski definition) is 2. The van der Waals surface area contributed by atoms with Gasteiger partial charge in [-0.2, -0.15) is 13.1 Å². The van der Waals surface area contributed by atoms with Crippen LogP contribution in [0.4, 0.5) is 13.2 Å². The number of hydrogen-bond acceptors (Lipinski definition) is 8. The molecular weight excluding hydrogens is 531 g/mol. The zero-order valence-corrected chi connectivity index (χ0v) is 22.4. The lowest BCUT2D eigenvalue weighted by Crippen LogP contribution is -2.49. The van der Waals surface area contributed by atoms with Crippen LogP contribution >= 0.6 is 11.3 Å². The number of aliphatic imine (C=N–C) groups is 1. The lowest BCUT2D eigenvalue weighted by molar-refractivity contribution is -0.136. The number of unbranched alkanes of at least 4 members (excludes halogenated alkanes) is 1. The second-order valence-electron chi connectivity index (χ2n) is 8.33. The summed E-state index contributed by atoms with van der Waals surface area (Å²) in [5, 5.41) is 2.08. The summed E-state index contributed by atoms with van der Waals surface area (Å²) in [4.78, 5) is 23.2. The Labute approximate surface area is 217 Å². The van der Waals surface area contributed by atoms with E-state index in [2.05, 4.69) is 19.4 Å². The summed E-state index contributed by atoms with van der Waals surface area (Å²) in [6, 6.07) is -0.257. The van der Waals surface area contributed by atoms with Gasteiger partial charge in [-0.25, -0.2) is 27.7 Å². The van der Waals surface area contributed by atoms with E-state index in [-0.39, 0.29) is 35.8 Å². The van der Waals surface area contributed by atoms with Crippen LogP contribution in [0.1, 0.15) is 50.2 Å². The van der Waals surface area contributed by atoms with Crippen molar-refractivity contribution in [3.63, 3.8) is 0 Å². The summed E-state index contributed by atoms with van der Waals surface area (Å²) in [7, 11) is -2.68. The van der Waals surface area contributed by atoms with E-state index in [0.29, 0.717) is 11.4 Å². The lowest BCUT2D eigenvalue weighted by Gasteiger charge is -2.35. The maximum absolute atomic E-state index is 14.8. The third kappa shape index (κ3) is 6.55. The predicted octanol–water partition coefficient (Wildman–Crippen LogP) is 3.42. The van der Waals surface area contributed by atoms with Crippen LogP contribution in [-0.2, 0) is 19.7 Å². The molecule has 1 aromatic carbocycles. The maximum atomic E-state index is 14.8. The summed E-state index contributed by atoms with van der Waals surface area (Å²) in [6.07, 6.45) is 3.01. The smallest absolute Gasteiger partial charge is 0.338 e. The molecule has 0 spiro atoms. The Morgan fingerprint density at radius 2 is 2.00 bits per heavy atom. The largest absolute Gasteiger partial charge is 0.466 e. The topological polar surface area (TPSA) is 113 Å². The summed E-state index contributed by atoms with van der Waals surface area (Å²) >= 11 is 1.21. The van der Waals surface area contributed by atoms with E-state index in [1.54, 1.807) is 24.1 Å². The number of rotatable bonds is 11. The van der Waals surface area contributed by atoms with Crippen LogP contribution in [0, 0.1) is 17.5 Å². The monoisotopic (exact) mass is 559 g/mol. The number of methoxy groups -OCH3 is 1. The van der Waals surface area contributed by atoms with E-state index in [1.807, 2.05) is 6.92 Å². The molecule has 2 aromatic rings. The van der Waals surface area contributed by atoms with Crippen molar-refractivity contribution in [1.82, 2.24) is 19.3 Å². The van der Waals surface area contributed by atoms with Gasteiger partial charge in [0.2, 0.25) is 0 Å². The van der Waals surface area contributed by atoms with Crippen LogP contribution in [0.3, 0.4) is 0 Å². The van der Waals surface area contributed by atoms with Gasteiger partial charge in [0.1, 0.15) is 6.04 Å². The second kappa shape index (κ2) is 12.2. The van der Waals surface area contributed by atoms with Crippen molar-refractivity contribution in [2.24, 2.45) is 4.99 Å². The number of halogens is 3. The van der Waals surface area contributed by atoms with Gasteiger partial charge < -0.3 is 9.64 Å². The van der Waals surface area contributed by atoms with E-state index < -0.39 is 45.7 Å². The highest BCUT2D eigenvalue weighted by Crippen LogP contribution is 2.38. The summed E-state index contributed by atoms with van der Waals surface area (Å²) in [5.74, 6) is -5.19. The molecule has 2 heterocycles. The zero-order chi connectivity index (χ0) is 27.3. The Bertz CT molecular complexity index is 1300. The van der Waals surface area contributed by atoms with Gasteiger partial charge in [0.15, 0.2) is 28.3 Å². The quantitative estimate of drug-likeness (QED) is 0.248. The molecule has 0 unspecified atom stereocenters. The molecule has 3 rings (SSSR count). The molecule has 202 valence electrons.